The van der Waals surface area contributed by atoms with Gasteiger partial charge in [-0.3, -0.25) is 14.5 Å². The lowest BCUT2D eigenvalue weighted by molar-refractivity contribution is -0.137. The number of ether oxygens (including phenoxy) is 3. The van der Waals surface area contributed by atoms with Gasteiger partial charge in [-0.1, -0.05) is 30.3 Å². The van der Waals surface area contributed by atoms with Crippen molar-refractivity contribution < 1.29 is 28.6 Å². The van der Waals surface area contributed by atoms with Crippen LogP contribution in [0.15, 0.2) is 42.5 Å². The second-order valence-electron chi connectivity index (χ2n) is 4.65. The molecule has 0 N–H and O–H groups in total. The summed E-state index contributed by atoms with van der Waals surface area (Å²) >= 11 is 0. The molecule has 7 nitrogen and oxygen atoms in total. The van der Waals surface area contributed by atoms with Gasteiger partial charge in [-0.2, -0.15) is 0 Å². The molecule has 23 heavy (non-hydrogen) atoms. The number of rotatable bonds is 8. The number of benzene rings is 1. The SMILES string of the molecule is O=C(OCCOCCN1C(=O)C=CC1=O)OCc1ccccc1. The highest BCUT2D eigenvalue weighted by Crippen LogP contribution is 2.03. The van der Waals surface area contributed by atoms with Crippen LogP contribution in [-0.4, -0.2) is 49.2 Å². The van der Waals surface area contributed by atoms with Crippen LogP contribution in [0.2, 0.25) is 0 Å². The molecule has 0 saturated heterocycles. The third-order valence-corrected chi connectivity index (χ3v) is 3.01. The normalized spacial score (nSPS) is 13.5. The molecule has 0 radical (unpaired) electrons. The largest absolute Gasteiger partial charge is 0.508 e. The molecule has 7 heteroatoms. The first-order valence-electron chi connectivity index (χ1n) is 7.11. The van der Waals surface area contributed by atoms with Crippen molar-refractivity contribution in [2.24, 2.45) is 0 Å². The Morgan fingerprint density at radius 2 is 1.61 bits per heavy atom. The average Bonchev–Trinajstić information content (AvgIpc) is 2.88. The van der Waals surface area contributed by atoms with Gasteiger partial charge in [-0.25, -0.2) is 4.79 Å². The van der Waals surface area contributed by atoms with E-state index in [0.29, 0.717) is 0 Å². The van der Waals surface area contributed by atoms with E-state index in [1.54, 1.807) is 0 Å². The Bertz CT molecular complexity index is 565. The van der Waals surface area contributed by atoms with Gasteiger partial charge in [0.05, 0.1) is 19.8 Å². The van der Waals surface area contributed by atoms with E-state index in [1.165, 1.54) is 12.2 Å². The van der Waals surface area contributed by atoms with Crippen LogP contribution < -0.4 is 0 Å². The molecule has 0 aliphatic carbocycles. The number of carbonyl (C=O) groups is 3. The molecule has 0 spiro atoms. The molecule has 0 atom stereocenters. The Kier molecular flexibility index (Phi) is 6.31. The van der Waals surface area contributed by atoms with Crippen LogP contribution in [0.25, 0.3) is 0 Å². The van der Waals surface area contributed by atoms with Gasteiger partial charge in [0.25, 0.3) is 11.8 Å². The molecule has 0 unspecified atom stereocenters. The highest BCUT2D eigenvalue weighted by molar-refractivity contribution is 6.12. The van der Waals surface area contributed by atoms with Crippen molar-refractivity contribution in [2.45, 2.75) is 6.61 Å². The summed E-state index contributed by atoms with van der Waals surface area (Å²) in [4.78, 5) is 34.9. The van der Waals surface area contributed by atoms with Crippen molar-refractivity contribution in [3.8, 4) is 0 Å². The molecule has 2 rings (SSSR count). The van der Waals surface area contributed by atoms with Crippen LogP contribution in [0.1, 0.15) is 5.56 Å². The first kappa shape index (κ1) is 16.7. The first-order valence-corrected chi connectivity index (χ1v) is 7.11. The molecule has 0 saturated carbocycles. The summed E-state index contributed by atoms with van der Waals surface area (Å²) in [6, 6.07) is 9.25. The smallest absolute Gasteiger partial charge is 0.432 e. The lowest BCUT2D eigenvalue weighted by Gasteiger charge is -2.13. The van der Waals surface area contributed by atoms with Crippen LogP contribution in [0.4, 0.5) is 4.79 Å². The fraction of sp³-hybridized carbons (Fsp3) is 0.312. The van der Waals surface area contributed by atoms with Gasteiger partial charge in [0.1, 0.15) is 13.2 Å². The maximum Gasteiger partial charge on any atom is 0.508 e. The van der Waals surface area contributed by atoms with Crippen LogP contribution in [0.3, 0.4) is 0 Å². The third kappa shape index (κ3) is 5.55. The third-order valence-electron chi connectivity index (χ3n) is 3.01. The maximum atomic E-state index is 11.3. The highest BCUT2D eigenvalue weighted by atomic mass is 16.7. The Morgan fingerprint density at radius 3 is 2.30 bits per heavy atom. The summed E-state index contributed by atoms with van der Waals surface area (Å²) in [6.07, 6.45) is 1.66. The van der Waals surface area contributed by atoms with Crippen molar-refractivity contribution in [1.82, 2.24) is 4.90 Å². The van der Waals surface area contributed by atoms with Crippen molar-refractivity contribution in [3.05, 3.63) is 48.0 Å². The molecule has 1 heterocycles. The molecular formula is C16H17NO6. The summed E-state index contributed by atoms with van der Waals surface area (Å²) in [6.45, 7) is 0.690. The minimum atomic E-state index is -0.772. The van der Waals surface area contributed by atoms with E-state index in [-0.39, 0.29) is 44.8 Å². The molecule has 0 fully saturated rings. The lowest BCUT2D eigenvalue weighted by atomic mass is 10.2. The van der Waals surface area contributed by atoms with Crippen LogP contribution in [-0.2, 0) is 30.4 Å². The number of carbonyl (C=O) groups excluding carboxylic acids is 3. The van der Waals surface area contributed by atoms with Gasteiger partial charge in [0.15, 0.2) is 0 Å². The molecule has 0 aromatic heterocycles. The van der Waals surface area contributed by atoms with E-state index in [0.717, 1.165) is 10.5 Å². The van der Waals surface area contributed by atoms with Crippen molar-refractivity contribution >= 4 is 18.0 Å². The molecule has 122 valence electrons. The predicted octanol–water partition coefficient (Wildman–Crippen LogP) is 1.28. The van der Waals surface area contributed by atoms with Gasteiger partial charge in [0, 0.05) is 12.2 Å². The summed E-state index contributed by atoms with van der Waals surface area (Å²) in [5, 5.41) is 0. The quantitative estimate of drug-likeness (QED) is 0.408. The van der Waals surface area contributed by atoms with Crippen molar-refractivity contribution in [1.29, 1.82) is 0 Å². The number of hydrogen-bond donors (Lipinski definition) is 0. The molecule has 1 aromatic rings. The van der Waals surface area contributed by atoms with Crippen LogP contribution in [0, 0.1) is 0 Å². The van der Waals surface area contributed by atoms with Gasteiger partial charge in [-0.15, -0.1) is 0 Å². The van der Waals surface area contributed by atoms with Crippen molar-refractivity contribution in [3.63, 3.8) is 0 Å². The minimum absolute atomic E-state index is 0.0355. The zero-order valence-corrected chi connectivity index (χ0v) is 12.5. The van der Waals surface area contributed by atoms with Gasteiger partial charge in [-0.05, 0) is 5.56 Å². The highest BCUT2D eigenvalue weighted by Gasteiger charge is 2.22. The fourth-order valence-electron chi connectivity index (χ4n) is 1.85. The number of imide groups is 1. The Balaban J connectivity index is 1.49. The number of hydrogen-bond acceptors (Lipinski definition) is 6. The summed E-state index contributed by atoms with van der Waals surface area (Å²) in [7, 11) is 0. The number of amides is 2. The molecular weight excluding hydrogens is 302 g/mol. The second kappa shape index (κ2) is 8.70. The maximum absolute atomic E-state index is 11.3. The van der Waals surface area contributed by atoms with Gasteiger partial charge < -0.3 is 14.2 Å². The second-order valence-corrected chi connectivity index (χ2v) is 4.65. The average molecular weight is 319 g/mol. The predicted molar refractivity (Wildman–Crippen MR) is 79.3 cm³/mol. The zero-order valence-electron chi connectivity index (χ0n) is 12.5. The lowest BCUT2D eigenvalue weighted by Crippen LogP contribution is -2.33. The Hall–Kier alpha value is -2.67. The van der Waals surface area contributed by atoms with Gasteiger partial charge in [0.2, 0.25) is 0 Å². The van der Waals surface area contributed by atoms with Crippen molar-refractivity contribution in [2.75, 3.05) is 26.4 Å². The fourth-order valence-corrected chi connectivity index (χ4v) is 1.85. The molecule has 2 amide bonds. The summed E-state index contributed by atoms with van der Waals surface area (Å²) < 4.78 is 15.0. The molecule has 0 bridgehead atoms. The Labute approximate surface area is 133 Å². The molecule has 1 aliphatic rings. The first-order chi connectivity index (χ1) is 11.2. The summed E-state index contributed by atoms with van der Waals surface area (Å²) in [5.41, 5.74) is 0.870. The topological polar surface area (TPSA) is 82.1 Å². The van der Waals surface area contributed by atoms with E-state index in [9.17, 15) is 14.4 Å². The van der Waals surface area contributed by atoms with E-state index in [2.05, 4.69) is 0 Å². The van der Waals surface area contributed by atoms with Gasteiger partial charge >= 0.3 is 6.16 Å². The summed E-state index contributed by atoms with van der Waals surface area (Å²) in [5.74, 6) is -0.696. The number of nitrogens with zero attached hydrogens (tertiary/aromatic N) is 1. The van der Waals surface area contributed by atoms with Crippen LogP contribution in [0.5, 0.6) is 0 Å². The Morgan fingerprint density at radius 1 is 0.913 bits per heavy atom. The van der Waals surface area contributed by atoms with E-state index in [1.807, 2.05) is 30.3 Å². The van der Waals surface area contributed by atoms with E-state index >= 15 is 0 Å². The standard InChI is InChI=1S/C16H17NO6/c18-14-6-7-15(19)17(14)8-9-21-10-11-22-16(20)23-12-13-4-2-1-3-5-13/h1-7H,8-12H2. The minimum Gasteiger partial charge on any atom is -0.432 e. The van der Waals surface area contributed by atoms with E-state index < -0.39 is 6.16 Å². The zero-order chi connectivity index (χ0) is 16.5. The molecule has 1 aliphatic heterocycles. The monoisotopic (exact) mass is 319 g/mol. The van der Waals surface area contributed by atoms with Crippen LogP contribution >= 0.6 is 0 Å². The molecule has 1 aromatic carbocycles. The van der Waals surface area contributed by atoms with E-state index in [4.69, 9.17) is 14.2 Å².